The summed E-state index contributed by atoms with van der Waals surface area (Å²) in [5.74, 6) is -0.424. The third-order valence-electron chi connectivity index (χ3n) is 3.06. The largest absolute Gasteiger partial charge is 0.343 e. The fourth-order valence-electron chi connectivity index (χ4n) is 2.25. The molecule has 1 amide bonds. The summed E-state index contributed by atoms with van der Waals surface area (Å²) in [7, 11) is 0. The molecule has 1 aromatic carbocycles. The second kappa shape index (κ2) is 4.22. The minimum absolute atomic E-state index is 0.108. The van der Waals surface area contributed by atoms with E-state index in [9.17, 15) is 9.18 Å². The third-order valence-corrected chi connectivity index (χ3v) is 3.06. The molecule has 3 nitrogen and oxygen atoms in total. The van der Waals surface area contributed by atoms with E-state index in [-0.39, 0.29) is 24.2 Å². The highest BCUT2D eigenvalue weighted by Gasteiger charge is 2.26. The topological polar surface area (TPSA) is 42.0 Å². The van der Waals surface area contributed by atoms with Crippen LogP contribution in [0.25, 0.3) is 0 Å². The van der Waals surface area contributed by atoms with E-state index < -0.39 is 0 Å². The molecule has 18 heavy (non-hydrogen) atoms. The van der Waals surface area contributed by atoms with Crippen LogP contribution in [0.1, 0.15) is 22.9 Å². The maximum absolute atomic E-state index is 13.2. The zero-order chi connectivity index (χ0) is 12.5. The Bertz CT molecular complexity index is 598. The molecule has 1 unspecified atom stereocenters. The van der Waals surface area contributed by atoms with Crippen LogP contribution in [0.4, 0.5) is 4.39 Å². The molecule has 0 saturated heterocycles. The van der Waals surface area contributed by atoms with Gasteiger partial charge in [0.1, 0.15) is 5.82 Å². The predicted octanol–water partition coefficient (Wildman–Crippen LogP) is 1.98. The van der Waals surface area contributed by atoms with Crippen LogP contribution in [-0.2, 0) is 11.2 Å². The van der Waals surface area contributed by atoms with Crippen LogP contribution in [0, 0.1) is 5.82 Å². The number of fused-ring (bicyclic) bond motifs is 1. The molecule has 1 N–H and O–H groups in total. The average molecular weight is 242 g/mol. The molecule has 1 aliphatic heterocycles. The summed E-state index contributed by atoms with van der Waals surface area (Å²) < 4.78 is 13.2. The van der Waals surface area contributed by atoms with Crippen molar-refractivity contribution < 1.29 is 9.18 Å². The van der Waals surface area contributed by atoms with E-state index in [2.05, 4.69) is 10.3 Å². The van der Waals surface area contributed by atoms with Gasteiger partial charge < -0.3 is 5.32 Å². The van der Waals surface area contributed by atoms with Crippen LogP contribution in [0.2, 0.25) is 0 Å². The van der Waals surface area contributed by atoms with Gasteiger partial charge in [0.2, 0.25) is 5.91 Å². The SMILES string of the molecule is O=C1Cc2cc(F)ccc2C(c2ccccn2)N1. The van der Waals surface area contributed by atoms with E-state index in [1.54, 1.807) is 12.3 Å². The summed E-state index contributed by atoms with van der Waals surface area (Å²) in [6.07, 6.45) is 1.90. The number of benzene rings is 1. The summed E-state index contributed by atoms with van der Waals surface area (Å²) in [5.41, 5.74) is 2.41. The molecule has 3 rings (SSSR count). The van der Waals surface area contributed by atoms with Crippen molar-refractivity contribution in [3.05, 3.63) is 65.2 Å². The minimum Gasteiger partial charge on any atom is -0.343 e. The molecule has 2 aromatic rings. The lowest BCUT2D eigenvalue weighted by Crippen LogP contribution is -2.36. The zero-order valence-corrected chi connectivity index (χ0v) is 9.56. The second-order valence-electron chi connectivity index (χ2n) is 4.28. The molecule has 1 aromatic heterocycles. The van der Waals surface area contributed by atoms with Crippen LogP contribution < -0.4 is 5.32 Å². The van der Waals surface area contributed by atoms with Crippen molar-refractivity contribution >= 4 is 5.91 Å². The lowest BCUT2D eigenvalue weighted by atomic mass is 9.92. The molecule has 0 saturated carbocycles. The van der Waals surface area contributed by atoms with Crippen LogP contribution in [0.3, 0.4) is 0 Å². The predicted molar refractivity (Wildman–Crippen MR) is 64.3 cm³/mol. The zero-order valence-electron chi connectivity index (χ0n) is 9.56. The Kier molecular flexibility index (Phi) is 2.55. The Morgan fingerprint density at radius 1 is 1.28 bits per heavy atom. The van der Waals surface area contributed by atoms with E-state index >= 15 is 0 Å². The number of halogens is 1. The van der Waals surface area contributed by atoms with E-state index in [1.165, 1.54) is 12.1 Å². The quantitative estimate of drug-likeness (QED) is 0.830. The molecule has 90 valence electrons. The Balaban J connectivity index is 2.10. The summed E-state index contributed by atoms with van der Waals surface area (Å²) in [4.78, 5) is 15.9. The molecule has 0 aliphatic carbocycles. The molecule has 1 atom stereocenters. The van der Waals surface area contributed by atoms with Gasteiger partial charge in [-0.3, -0.25) is 9.78 Å². The van der Waals surface area contributed by atoms with Crippen molar-refractivity contribution in [2.75, 3.05) is 0 Å². The first-order chi connectivity index (χ1) is 8.74. The molecule has 0 bridgehead atoms. The highest BCUT2D eigenvalue weighted by molar-refractivity contribution is 5.82. The number of amides is 1. The maximum atomic E-state index is 13.2. The van der Waals surface area contributed by atoms with Crippen molar-refractivity contribution in [2.24, 2.45) is 0 Å². The van der Waals surface area contributed by atoms with Gasteiger partial charge in [0.25, 0.3) is 0 Å². The van der Waals surface area contributed by atoms with Gasteiger partial charge in [-0.05, 0) is 35.4 Å². The molecular formula is C14H11FN2O. The molecular weight excluding hydrogens is 231 g/mol. The standard InChI is InChI=1S/C14H11FN2O/c15-10-4-5-11-9(7-10)8-13(18)17-14(11)12-3-1-2-6-16-12/h1-7,14H,8H2,(H,17,18). The van der Waals surface area contributed by atoms with E-state index in [0.29, 0.717) is 0 Å². The van der Waals surface area contributed by atoms with Crippen molar-refractivity contribution in [1.82, 2.24) is 10.3 Å². The number of pyridine rings is 1. The second-order valence-corrected chi connectivity index (χ2v) is 4.28. The fraction of sp³-hybridized carbons (Fsp3) is 0.143. The van der Waals surface area contributed by atoms with Gasteiger partial charge in [0.15, 0.2) is 0 Å². The number of carbonyl (C=O) groups excluding carboxylic acids is 1. The van der Waals surface area contributed by atoms with Crippen molar-refractivity contribution in [1.29, 1.82) is 0 Å². The van der Waals surface area contributed by atoms with Crippen LogP contribution in [-0.4, -0.2) is 10.9 Å². The smallest absolute Gasteiger partial charge is 0.225 e. The Hall–Kier alpha value is -2.23. The molecule has 0 fully saturated rings. The van der Waals surface area contributed by atoms with Gasteiger partial charge in [0.05, 0.1) is 18.2 Å². The van der Waals surface area contributed by atoms with Crippen molar-refractivity contribution in [3.63, 3.8) is 0 Å². The Morgan fingerprint density at radius 2 is 2.17 bits per heavy atom. The molecule has 2 heterocycles. The number of carbonyl (C=O) groups is 1. The van der Waals surface area contributed by atoms with Gasteiger partial charge in [-0.15, -0.1) is 0 Å². The van der Waals surface area contributed by atoms with Crippen molar-refractivity contribution in [3.8, 4) is 0 Å². The van der Waals surface area contributed by atoms with Gasteiger partial charge in [-0.25, -0.2) is 4.39 Å². The van der Waals surface area contributed by atoms with Gasteiger partial charge >= 0.3 is 0 Å². The summed E-state index contributed by atoms with van der Waals surface area (Å²) >= 11 is 0. The fourth-order valence-corrected chi connectivity index (χ4v) is 2.25. The number of hydrogen-bond donors (Lipinski definition) is 1. The molecule has 4 heteroatoms. The van der Waals surface area contributed by atoms with E-state index in [0.717, 1.165) is 16.8 Å². The van der Waals surface area contributed by atoms with Crippen LogP contribution in [0.5, 0.6) is 0 Å². The number of nitrogens with one attached hydrogen (secondary N) is 1. The number of nitrogens with zero attached hydrogens (tertiary/aromatic N) is 1. The normalized spacial score (nSPS) is 18.1. The van der Waals surface area contributed by atoms with Crippen LogP contribution >= 0.6 is 0 Å². The van der Waals surface area contributed by atoms with Gasteiger partial charge in [-0.2, -0.15) is 0 Å². The lowest BCUT2D eigenvalue weighted by molar-refractivity contribution is -0.121. The molecule has 1 aliphatic rings. The van der Waals surface area contributed by atoms with Crippen molar-refractivity contribution in [2.45, 2.75) is 12.5 Å². The Morgan fingerprint density at radius 3 is 2.94 bits per heavy atom. The van der Waals surface area contributed by atoms with E-state index in [4.69, 9.17) is 0 Å². The van der Waals surface area contributed by atoms with Crippen LogP contribution in [0.15, 0.2) is 42.6 Å². The number of hydrogen-bond acceptors (Lipinski definition) is 2. The first-order valence-corrected chi connectivity index (χ1v) is 5.72. The maximum Gasteiger partial charge on any atom is 0.225 e. The minimum atomic E-state index is -0.316. The first-order valence-electron chi connectivity index (χ1n) is 5.72. The summed E-state index contributed by atoms with van der Waals surface area (Å²) in [6, 6.07) is 9.79. The summed E-state index contributed by atoms with van der Waals surface area (Å²) in [5, 5.41) is 2.88. The number of aromatic nitrogens is 1. The summed E-state index contributed by atoms with van der Waals surface area (Å²) in [6.45, 7) is 0. The Labute approximate surface area is 104 Å². The van der Waals surface area contributed by atoms with Gasteiger partial charge in [-0.1, -0.05) is 12.1 Å². The molecule has 0 spiro atoms. The lowest BCUT2D eigenvalue weighted by Gasteiger charge is -2.26. The average Bonchev–Trinajstić information content (AvgIpc) is 2.38. The molecule has 0 radical (unpaired) electrons. The number of rotatable bonds is 1. The van der Waals surface area contributed by atoms with Gasteiger partial charge in [0, 0.05) is 6.20 Å². The monoisotopic (exact) mass is 242 g/mol. The highest BCUT2D eigenvalue weighted by atomic mass is 19.1. The third kappa shape index (κ3) is 1.86. The highest BCUT2D eigenvalue weighted by Crippen LogP contribution is 2.28. The first kappa shape index (κ1) is 10.9. The van der Waals surface area contributed by atoms with E-state index in [1.807, 2.05) is 18.2 Å².